The van der Waals surface area contributed by atoms with Gasteiger partial charge < -0.3 is 10.3 Å². The number of nitrogens with zero attached hydrogens (tertiary/aromatic N) is 1. The molecule has 0 saturated heterocycles. The number of fused-ring (bicyclic) bond motifs is 1. The van der Waals surface area contributed by atoms with Gasteiger partial charge in [-0.15, -0.1) is 23.1 Å². The summed E-state index contributed by atoms with van der Waals surface area (Å²) in [5, 5.41) is 3.54. The number of hydrogen-bond donors (Lipinski definition) is 2. The zero-order valence-corrected chi connectivity index (χ0v) is 16.4. The number of aromatic amines is 1. The zero-order chi connectivity index (χ0) is 18.5. The first kappa shape index (κ1) is 18.7. The lowest BCUT2D eigenvalue weighted by Gasteiger charge is -2.10. The molecule has 1 aromatic carbocycles. The van der Waals surface area contributed by atoms with Crippen LogP contribution in [0.3, 0.4) is 0 Å². The number of thioether (sulfide) groups is 1. The van der Waals surface area contributed by atoms with E-state index in [9.17, 15) is 9.59 Å². The first-order valence-corrected chi connectivity index (χ1v) is 10.5. The van der Waals surface area contributed by atoms with Gasteiger partial charge in [0, 0.05) is 10.9 Å². The summed E-state index contributed by atoms with van der Waals surface area (Å²) in [4.78, 5) is 33.3. The maximum absolute atomic E-state index is 12.3. The lowest BCUT2D eigenvalue weighted by atomic mass is 10.2. The van der Waals surface area contributed by atoms with Gasteiger partial charge in [-0.1, -0.05) is 37.3 Å². The smallest absolute Gasteiger partial charge is 0.259 e. The van der Waals surface area contributed by atoms with Crippen LogP contribution in [0.2, 0.25) is 0 Å². The minimum absolute atomic E-state index is 0.00950. The van der Waals surface area contributed by atoms with Gasteiger partial charge >= 0.3 is 0 Å². The van der Waals surface area contributed by atoms with Crippen molar-refractivity contribution in [2.24, 2.45) is 0 Å². The Kier molecular flexibility index (Phi) is 6.11. The number of nitrogens with one attached hydrogen (secondary N) is 2. The molecule has 5 nitrogen and oxygen atoms in total. The number of aromatic nitrogens is 2. The molecule has 0 aliphatic carbocycles. The Hall–Kier alpha value is -2.12. The summed E-state index contributed by atoms with van der Waals surface area (Å²) in [6.07, 6.45) is 0.907. The molecule has 2 aromatic heterocycles. The van der Waals surface area contributed by atoms with Crippen molar-refractivity contribution in [1.82, 2.24) is 15.3 Å². The van der Waals surface area contributed by atoms with E-state index in [1.54, 1.807) is 0 Å². The van der Waals surface area contributed by atoms with Crippen molar-refractivity contribution in [2.45, 2.75) is 32.1 Å². The summed E-state index contributed by atoms with van der Waals surface area (Å²) in [5.41, 5.74) is 0.945. The second kappa shape index (κ2) is 8.51. The van der Waals surface area contributed by atoms with Crippen LogP contribution in [0.15, 0.2) is 41.2 Å². The van der Waals surface area contributed by atoms with Crippen LogP contribution in [0.25, 0.3) is 20.7 Å². The van der Waals surface area contributed by atoms with Crippen molar-refractivity contribution in [3.8, 4) is 10.4 Å². The molecule has 0 aliphatic heterocycles. The normalized spacial score (nSPS) is 12.2. The summed E-state index contributed by atoms with van der Waals surface area (Å²) in [6.45, 7) is 4.02. The molecule has 2 N–H and O–H groups in total. The first-order valence-electron chi connectivity index (χ1n) is 8.52. The summed E-state index contributed by atoms with van der Waals surface area (Å²) < 4.78 is 0. The minimum atomic E-state index is -0.131. The quantitative estimate of drug-likeness (QED) is 0.647. The summed E-state index contributed by atoms with van der Waals surface area (Å²) in [6, 6.07) is 12.0. The summed E-state index contributed by atoms with van der Waals surface area (Å²) in [5.74, 6) is 1.46. The van der Waals surface area contributed by atoms with Crippen molar-refractivity contribution < 1.29 is 4.79 Å². The molecule has 0 fully saturated rings. The standard InChI is InChI=1S/C19H21N3O2S2/c1-3-12(2)20-17(23)11-25-10-16-21-18(24)14-9-15(26-19(14)22-16)13-7-5-4-6-8-13/h4-9,12H,3,10-11H2,1-2H3,(H,20,23)(H,21,22,24)/t12-/m1/s1. The largest absolute Gasteiger partial charge is 0.353 e. The SMILES string of the molecule is CC[C@@H](C)NC(=O)CSCc1nc2sc(-c3ccccc3)cc2c(=O)[nH]1. The molecule has 2 heterocycles. The Balaban J connectivity index is 1.71. The molecule has 0 unspecified atom stereocenters. The number of thiophene rings is 1. The average Bonchev–Trinajstić information content (AvgIpc) is 3.07. The molecule has 1 atom stereocenters. The maximum Gasteiger partial charge on any atom is 0.259 e. The molecule has 26 heavy (non-hydrogen) atoms. The Labute approximate surface area is 160 Å². The molecule has 0 bridgehead atoms. The lowest BCUT2D eigenvalue weighted by molar-refractivity contribution is -0.119. The van der Waals surface area contributed by atoms with E-state index in [-0.39, 0.29) is 17.5 Å². The van der Waals surface area contributed by atoms with Crippen molar-refractivity contribution >= 4 is 39.2 Å². The number of carbonyl (C=O) groups is 1. The van der Waals surface area contributed by atoms with Crippen LogP contribution in [0.4, 0.5) is 0 Å². The molecular weight excluding hydrogens is 366 g/mol. The van der Waals surface area contributed by atoms with Gasteiger partial charge in [0.25, 0.3) is 5.56 Å². The van der Waals surface area contributed by atoms with Crippen molar-refractivity contribution in [1.29, 1.82) is 0 Å². The highest BCUT2D eigenvalue weighted by atomic mass is 32.2. The minimum Gasteiger partial charge on any atom is -0.353 e. The van der Waals surface area contributed by atoms with E-state index in [0.717, 1.165) is 21.7 Å². The Morgan fingerprint density at radius 2 is 2.12 bits per heavy atom. The highest BCUT2D eigenvalue weighted by Crippen LogP contribution is 2.30. The topological polar surface area (TPSA) is 74.8 Å². The predicted octanol–water partition coefficient (Wildman–Crippen LogP) is 3.80. The fourth-order valence-electron chi connectivity index (χ4n) is 2.45. The fourth-order valence-corrected chi connectivity index (χ4v) is 4.21. The molecular formula is C19H21N3O2S2. The van der Waals surface area contributed by atoms with Gasteiger partial charge in [0.15, 0.2) is 0 Å². The molecule has 3 aromatic rings. The Morgan fingerprint density at radius 3 is 2.85 bits per heavy atom. The Morgan fingerprint density at radius 1 is 1.35 bits per heavy atom. The van der Waals surface area contributed by atoms with Gasteiger partial charge in [0.2, 0.25) is 5.91 Å². The molecule has 0 saturated carbocycles. The third kappa shape index (κ3) is 4.53. The molecule has 0 radical (unpaired) electrons. The number of rotatable bonds is 7. The molecule has 0 aliphatic rings. The van der Waals surface area contributed by atoms with Gasteiger partial charge in [-0.2, -0.15) is 0 Å². The number of carbonyl (C=O) groups excluding carboxylic acids is 1. The molecule has 3 rings (SSSR count). The van der Waals surface area contributed by atoms with Crippen LogP contribution in [0.5, 0.6) is 0 Å². The monoisotopic (exact) mass is 387 g/mol. The Bertz CT molecular complexity index is 950. The van der Waals surface area contributed by atoms with Crippen molar-refractivity contribution in [2.75, 3.05) is 5.75 Å². The van der Waals surface area contributed by atoms with Gasteiger partial charge in [0.1, 0.15) is 10.7 Å². The van der Waals surface area contributed by atoms with Crippen LogP contribution < -0.4 is 10.9 Å². The number of amides is 1. The van der Waals surface area contributed by atoms with Gasteiger partial charge in [0.05, 0.1) is 16.9 Å². The number of H-pyrrole nitrogens is 1. The third-order valence-electron chi connectivity index (χ3n) is 4.00. The maximum atomic E-state index is 12.3. The second-order valence-electron chi connectivity index (χ2n) is 6.08. The van der Waals surface area contributed by atoms with E-state index >= 15 is 0 Å². The number of hydrogen-bond acceptors (Lipinski definition) is 5. The first-order chi connectivity index (χ1) is 12.6. The van der Waals surface area contributed by atoms with E-state index in [1.165, 1.54) is 23.1 Å². The average molecular weight is 388 g/mol. The highest BCUT2D eigenvalue weighted by Gasteiger charge is 2.11. The molecule has 0 spiro atoms. The van der Waals surface area contributed by atoms with E-state index in [0.29, 0.717) is 22.7 Å². The van der Waals surface area contributed by atoms with E-state index in [4.69, 9.17) is 0 Å². The van der Waals surface area contributed by atoms with Crippen LogP contribution in [0.1, 0.15) is 26.1 Å². The van der Waals surface area contributed by atoms with Crippen molar-refractivity contribution in [3.63, 3.8) is 0 Å². The zero-order valence-electron chi connectivity index (χ0n) is 14.7. The van der Waals surface area contributed by atoms with Crippen LogP contribution in [0, 0.1) is 0 Å². The van der Waals surface area contributed by atoms with Crippen molar-refractivity contribution in [3.05, 3.63) is 52.6 Å². The predicted molar refractivity (Wildman–Crippen MR) is 110 cm³/mol. The number of benzene rings is 1. The van der Waals surface area contributed by atoms with Gasteiger partial charge in [-0.05, 0) is 25.0 Å². The third-order valence-corrected chi connectivity index (χ3v) is 6.02. The van der Waals surface area contributed by atoms with Gasteiger partial charge in [-0.25, -0.2) is 4.98 Å². The summed E-state index contributed by atoms with van der Waals surface area (Å²) >= 11 is 2.96. The van der Waals surface area contributed by atoms with Crippen LogP contribution >= 0.6 is 23.1 Å². The van der Waals surface area contributed by atoms with Crippen LogP contribution in [-0.2, 0) is 10.5 Å². The summed E-state index contributed by atoms with van der Waals surface area (Å²) in [7, 11) is 0. The van der Waals surface area contributed by atoms with Gasteiger partial charge in [-0.3, -0.25) is 9.59 Å². The molecule has 136 valence electrons. The van der Waals surface area contributed by atoms with E-state index < -0.39 is 0 Å². The molecule has 7 heteroatoms. The lowest BCUT2D eigenvalue weighted by Crippen LogP contribution is -2.33. The fraction of sp³-hybridized carbons (Fsp3) is 0.316. The van der Waals surface area contributed by atoms with Crippen LogP contribution in [-0.4, -0.2) is 27.7 Å². The highest BCUT2D eigenvalue weighted by molar-refractivity contribution is 7.99. The second-order valence-corrected chi connectivity index (χ2v) is 8.09. The van der Waals surface area contributed by atoms with E-state index in [1.807, 2.05) is 50.2 Å². The van der Waals surface area contributed by atoms with E-state index in [2.05, 4.69) is 15.3 Å². The molecule has 1 amide bonds.